The van der Waals surface area contributed by atoms with Crippen molar-refractivity contribution < 1.29 is 4.74 Å². The summed E-state index contributed by atoms with van der Waals surface area (Å²) in [6, 6.07) is 11.3. The van der Waals surface area contributed by atoms with Crippen LogP contribution in [0.2, 0.25) is 5.02 Å². The Labute approximate surface area is 134 Å². The number of ether oxygens (including phenoxy) is 1. The lowest BCUT2D eigenvalue weighted by molar-refractivity contribution is 0.235. The SMILES string of the molecule is C[C@@H](CNc1ccnc2cnccc12)Oc1ccc(Cl)cc1. The minimum atomic E-state index is 0.0197. The number of anilines is 1. The Balaban J connectivity index is 1.65. The third-order valence-electron chi connectivity index (χ3n) is 3.28. The molecule has 1 aromatic carbocycles. The van der Waals surface area contributed by atoms with Gasteiger partial charge < -0.3 is 10.1 Å². The third kappa shape index (κ3) is 3.46. The van der Waals surface area contributed by atoms with Gasteiger partial charge in [-0.2, -0.15) is 0 Å². The predicted octanol–water partition coefficient (Wildman–Crippen LogP) is 4.16. The van der Waals surface area contributed by atoms with Gasteiger partial charge in [0.2, 0.25) is 0 Å². The fourth-order valence-corrected chi connectivity index (χ4v) is 2.32. The van der Waals surface area contributed by atoms with Crippen LogP contribution in [0.15, 0.2) is 55.0 Å². The van der Waals surface area contributed by atoms with Crippen LogP contribution >= 0.6 is 11.6 Å². The minimum absolute atomic E-state index is 0.0197. The van der Waals surface area contributed by atoms with Crippen LogP contribution in [-0.2, 0) is 0 Å². The first-order chi connectivity index (χ1) is 10.7. The summed E-state index contributed by atoms with van der Waals surface area (Å²) < 4.78 is 5.85. The maximum absolute atomic E-state index is 5.87. The predicted molar refractivity (Wildman–Crippen MR) is 89.6 cm³/mol. The lowest BCUT2D eigenvalue weighted by atomic mass is 10.2. The zero-order valence-electron chi connectivity index (χ0n) is 12.2. The molecule has 0 spiro atoms. The summed E-state index contributed by atoms with van der Waals surface area (Å²) in [6.45, 7) is 2.70. The van der Waals surface area contributed by atoms with Crippen molar-refractivity contribution in [3.8, 4) is 5.75 Å². The van der Waals surface area contributed by atoms with E-state index in [4.69, 9.17) is 16.3 Å². The molecule has 1 N–H and O–H groups in total. The molecule has 5 heteroatoms. The lowest BCUT2D eigenvalue weighted by Crippen LogP contribution is -2.22. The second-order valence-corrected chi connectivity index (χ2v) is 5.45. The van der Waals surface area contributed by atoms with Gasteiger partial charge in [0.25, 0.3) is 0 Å². The van der Waals surface area contributed by atoms with Gasteiger partial charge >= 0.3 is 0 Å². The van der Waals surface area contributed by atoms with E-state index < -0.39 is 0 Å². The summed E-state index contributed by atoms with van der Waals surface area (Å²) in [6.07, 6.45) is 5.32. The summed E-state index contributed by atoms with van der Waals surface area (Å²) in [5, 5.41) is 5.16. The Morgan fingerprint density at radius 1 is 1.14 bits per heavy atom. The van der Waals surface area contributed by atoms with E-state index in [9.17, 15) is 0 Å². The van der Waals surface area contributed by atoms with E-state index in [-0.39, 0.29) is 6.10 Å². The average molecular weight is 314 g/mol. The number of benzene rings is 1. The van der Waals surface area contributed by atoms with E-state index in [1.165, 1.54) is 0 Å². The van der Waals surface area contributed by atoms with Gasteiger partial charge in [0.1, 0.15) is 11.9 Å². The molecule has 0 aliphatic rings. The maximum atomic E-state index is 5.87. The van der Waals surface area contributed by atoms with Gasteiger partial charge in [-0.25, -0.2) is 0 Å². The molecule has 0 saturated heterocycles. The molecule has 4 nitrogen and oxygen atoms in total. The number of aromatic nitrogens is 2. The highest BCUT2D eigenvalue weighted by Gasteiger charge is 2.06. The van der Waals surface area contributed by atoms with Crippen molar-refractivity contribution in [1.82, 2.24) is 9.97 Å². The monoisotopic (exact) mass is 313 g/mol. The fourth-order valence-electron chi connectivity index (χ4n) is 2.19. The van der Waals surface area contributed by atoms with Crippen LogP contribution in [0.3, 0.4) is 0 Å². The van der Waals surface area contributed by atoms with Gasteiger partial charge in [0.15, 0.2) is 0 Å². The van der Waals surface area contributed by atoms with Crippen LogP contribution < -0.4 is 10.1 Å². The summed E-state index contributed by atoms with van der Waals surface area (Å²) in [5.74, 6) is 0.808. The number of rotatable bonds is 5. The molecule has 0 saturated carbocycles. The lowest BCUT2D eigenvalue weighted by Gasteiger charge is -2.17. The normalized spacial score (nSPS) is 12.1. The molecular formula is C17H16ClN3O. The van der Waals surface area contributed by atoms with E-state index in [0.717, 1.165) is 22.3 Å². The van der Waals surface area contributed by atoms with Crippen LogP contribution in [-0.4, -0.2) is 22.6 Å². The molecule has 0 fully saturated rings. The van der Waals surface area contributed by atoms with Gasteiger partial charge in [-0.1, -0.05) is 11.6 Å². The number of nitrogens with zero attached hydrogens (tertiary/aromatic N) is 2. The highest BCUT2D eigenvalue weighted by Crippen LogP contribution is 2.21. The molecule has 3 aromatic rings. The van der Waals surface area contributed by atoms with Gasteiger partial charge in [0, 0.05) is 28.5 Å². The number of hydrogen-bond acceptors (Lipinski definition) is 4. The van der Waals surface area contributed by atoms with E-state index in [1.54, 1.807) is 18.6 Å². The zero-order chi connectivity index (χ0) is 15.4. The largest absolute Gasteiger partial charge is 0.489 e. The summed E-state index contributed by atoms with van der Waals surface area (Å²) in [4.78, 5) is 8.39. The molecule has 1 atom stereocenters. The second-order valence-electron chi connectivity index (χ2n) is 5.01. The molecule has 0 radical (unpaired) electrons. The first-order valence-corrected chi connectivity index (χ1v) is 7.45. The van der Waals surface area contributed by atoms with Gasteiger partial charge in [-0.05, 0) is 43.3 Å². The van der Waals surface area contributed by atoms with Crippen molar-refractivity contribution in [3.05, 3.63) is 60.0 Å². The quantitative estimate of drug-likeness (QED) is 0.768. The molecule has 0 aliphatic carbocycles. The molecule has 3 rings (SSSR count). The molecule has 0 amide bonds. The van der Waals surface area contributed by atoms with Crippen molar-refractivity contribution in [2.45, 2.75) is 13.0 Å². The summed E-state index contributed by atoms with van der Waals surface area (Å²) >= 11 is 5.87. The molecule has 2 aromatic heterocycles. The average Bonchev–Trinajstić information content (AvgIpc) is 2.55. The number of hydrogen-bond donors (Lipinski definition) is 1. The highest BCUT2D eigenvalue weighted by molar-refractivity contribution is 6.30. The number of nitrogens with one attached hydrogen (secondary N) is 1. The molecular weight excluding hydrogens is 298 g/mol. The molecule has 0 aliphatic heterocycles. The number of halogens is 1. The summed E-state index contributed by atoms with van der Waals surface area (Å²) in [7, 11) is 0. The van der Waals surface area contributed by atoms with E-state index in [2.05, 4.69) is 15.3 Å². The molecule has 22 heavy (non-hydrogen) atoms. The van der Waals surface area contributed by atoms with Gasteiger partial charge in [-0.3, -0.25) is 9.97 Å². The third-order valence-corrected chi connectivity index (χ3v) is 3.53. The number of fused-ring (bicyclic) bond motifs is 1. The van der Waals surface area contributed by atoms with Crippen molar-refractivity contribution >= 4 is 28.2 Å². The molecule has 0 unspecified atom stereocenters. The van der Waals surface area contributed by atoms with Crippen LogP contribution in [0.1, 0.15) is 6.92 Å². The zero-order valence-corrected chi connectivity index (χ0v) is 12.9. The van der Waals surface area contributed by atoms with Crippen LogP contribution in [0, 0.1) is 0 Å². The Morgan fingerprint density at radius 3 is 2.77 bits per heavy atom. The Morgan fingerprint density at radius 2 is 1.95 bits per heavy atom. The van der Waals surface area contributed by atoms with Crippen LogP contribution in [0.4, 0.5) is 5.69 Å². The topological polar surface area (TPSA) is 47.0 Å². The Bertz CT molecular complexity index is 756. The molecule has 112 valence electrons. The minimum Gasteiger partial charge on any atom is -0.489 e. The van der Waals surface area contributed by atoms with Crippen LogP contribution in [0.25, 0.3) is 10.9 Å². The molecule has 2 heterocycles. The highest BCUT2D eigenvalue weighted by atomic mass is 35.5. The first kappa shape index (κ1) is 14.6. The van der Waals surface area contributed by atoms with Crippen molar-refractivity contribution in [3.63, 3.8) is 0 Å². The van der Waals surface area contributed by atoms with Gasteiger partial charge in [-0.15, -0.1) is 0 Å². The van der Waals surface area contributed by atoms with E-state index >= 15 is 0 Å². The second kappa shape index (κ2) is 6.62. The molecule has 0 bridgehead atoms. The van der Waals surface area contributed by atoms with Gasteiger partial charge in [0.05, 0.1) is 18.3 Å². The smallest absolute Gasteiger partial charge is 0.119 e. The Kier molecular flexibility index (Phi) is 4.39. The summed E-state index contributed by atoms with van der Waals surface area (Å²) in [5.41, 5.74) is 1.90. The number of pyridine rings is 2. The maximum Gasteiger partial charge on any atom is 0.119 e. The van der Waals surface area contributed by atoms with E-state index in [0.29, 0.717) is 11.6 Å². The first-order valence-electron chi connectivity index (χ1n) is 7.07. The van der Waals surface area contributed by atoms with Crippen molar-refractivity contribution in [2.24, 2.45) is 0 Å². The standard InChI is InChI=1S/C17H16ClN3O/c1-12(22-14-4-2-13(18)3-5-14)10-21-16-7-9-20-17-11-19-8-6-15(16)17/h2-9,11-12H,10H2,1H3,(H,20,21)/t12-/m0/s1. The van der Waals surface area contributed by atoms with Crippen molar-refractivity contribution in [2.75, 3.05) is 11.9 Å². The van der Waals surface area contributed by atoms with Crippen LogP contribution in [0.5, 0.6) is 5.75 Å². The van der Waals surface area contributed by atoms with Crippen molar-refractivity contribution in [1.29, 1.82) is 0 Å². The van der Waals surface area contributed by atoms with E-state index in [1.807, 2.05) is 43.3 Å². The fraction of sp³-hybridized carbons (Fsp3) is 0.176. The Hall–Kier alpha value is -2.33.